The molecule has 0 bridgehead atoms. The molecule has 2 aromatic carbocycles. The first-order valence-corrected chi connectivity index (χ1v) is 7.67. The van der Waals surface area contributed by atoms with Crippen molar-refractivity contribution in [1.29, 1.82) is 0 Å². The van der Waals surface area contributed by atoms with Crippen LogP contribution < -0.4 is 4.74 Å². The van der Waals surface area contributed by atoms with Crippen molar-refractivity contribution < 1.29 is 9.66 Å². The van der Waals surface area contributed by atoms with E-state index in [1.807, 2.05) is 31.2 Å². The zero-order chi connectivity index (χ0) is 15.4. The lowest BCUT2D eigenvalue weighted by Crippen LogP contribution is -2.03. The number of nitro benzene ring substituents is 1. The Balaban J connectivity index is 2.25. The molecule has 0 saturated heterocycles. The predicted molar refractivity (Wildman–Crippen MR) is 86.0 cm³/mol. The molecule has 5 heteroatoms. The number of hydrogen-bond donors (Lipinski definition) is 0. The van der Waals surface area contributed by atoms with Gasteiger partial charge in [0.25, 0.3) is 5.69 Å². The van der Waals surface area contributed by atoms with Crippen LogP contribution in [0.1, 0.15) is 22.3 Å². The van der Waals surface area contributed by atoms with Crippen molar-refractivity contribution in [3.63, 3.8) is 0 Å². The van der Waals surface area contributed by atoms with Crippen molar-refractivity contribution in [3.8, 4) is 5.75 Å². The van der Waals surface area contributed by atoms with Gasteiger partial charge in [-0.2, -0.15) is 0 Å². The fraction of sp³-hybridized carbons (Fsp3) is 0.250. The first-order chi connectivity index (χ1) is 10.0. The first kappa shape index (κ1) is 15.5. The zero-order valence-electron chi connectivity index (χ0n) is 11.9. The van der Waals surface area contributed by atoms with E-state index < -0.39 is 0 Å². The van der Waals surface area contributed by atoms with Crippen molar-refractivity contribution in [2.75, 3.05) is 0 Å². The molecule has 0 aliphatic carbocycles. The minimum absolute atomic E-state index is 0.126. The van der Waals surface area contributed by atoms with Crippen LogP contribution in [0.15, 0.2) is 36.4 Å². The van der Waals surface area contributed by atoms with Crippen molar-refractivity contribution in [2.24, 2.45) is 0 Å². The second-order valence-corrected chi connectivity index (χ2v) is 5.36. The summed E-state index contributed by atoms with van der Waals surface area (Å²) in [7, 11) is 0. The third-order valence-corrected chi connectivity index (χ3v) is 4.03. The quantitative estimate of drug-likeness (QED) is 0.447. The van der Waals surface area contributed by atoms with E-state index in [9.17, 15) is 10.1 Å². The molecule has 0 aromatic heterocycles. The third-order valence-electron chi connectivity index (χ3n) is 3.42. The van der Waals surface area contributed by atoms with Crippen molar-refractivity contribution in [2.45, 2.75) is 25.8 Å². The smallest absolute Gasteiger partial charge is 0.272 e. The zero-order valence-corrected chi connectivity index (χ0v) is 13.5. The molecule has 0 amide bonds. The van der Waals surface area contributed by atoms with Gasteiger partial charge in [0.05, 0.1) is 4.92 Å². The van der Waals surface area contributed by atoms with Crippen LogP contribution in [0.2, 0.25) is 0 Å². The van der Waals surface area contributed by atoms with Crippen LogP contribution in [0.4, 0.5) is 5.69 Å². The number of hydrogen-bond acceptors (Lipinski definition) is 3. The number of alkyl halides is 1. The summed E-state index contributed by atoms with van der Waals surface area (Å²) < 4.78 is 5.91. The Bertz CT molecular complexity index is 671. The topological polar surface area (TPSA) is 52.4 Å². The van der Waals surface area contributed by atoms with Crippen LogP contribution in [0, 0.1) is 24.0 Å². The number of benzene rings is 2. The van der Waals surface area contributed by atoms with Crippen LogP contribution in [0.5, 0.6) is 5.75 Å². The van der Waals surface area contributed by atoms with Crippen molar-refractivity contribution >= 4 is 21.6 Å². The number of ether oxygens (including phenoxy) is 1. The van der Waals surface area contributed by atoms with Gasteiger partial charge in [0.1, 0.15) is 12.4 Å². The maximum Gasteiger partial charge on any atom is 0.272 e. The van der Waals surface area contributed by atoms with Crippen molar-refractivity contribution in [3.05, 3.63) is 68.8 Å². The third kappa shape index (κ3) is 3.42. The van der Waals surface area contributed by atoms with E-state index in [1.54, 1.807) is 13.0 Å². The lowest BCUT2D eigenvalue weighted by molar-refractivity contribution is -0.385. The van der Waals surface area contributed by atoms with Crippen LogP contribution in [-0.4, -0.2) is 4.92 Å². The van der Waals surface area contributed by atoms with Gasteiger partial charge < -0.3 is 4.74 Å². The molecule has 2 rings (SSSR count). The van der Waals surface area contributed by atoms with Crippen LogP contribution in [0.3, 0.4) is 0 Å². The Morgan fingerprint density at radius 1 is 1.14 bits per heavy atom. The fourth-order valence-electron chi connectivity index (χ4n) is 2.20. The van der Waals surface area contributed by atoms with E-state index in [1.165, 1.54) is 6.07 Å². The average molecular weight is 350 g/mol. The molecule has 0 unspecified atom stereocenters. The first-order valence-electron chi connectivity index (χ1n) is 6.54. The van der Waals surface area contributed by atoms with Gasteiger partial charge in [-0.25, -0.2) is 0 Å². The van der Waals surface area contributed by atoms with E-state index in [0.717, 1.165) is 22.4 Å². The van der Waals surface area contributed by atoms with Gasteiger partial charge >= 0.3 is 0 Å². The molecular weight excluding hydrogens is 334 g/mol. The monoisotopic (exact) mass is 349 g/mol. The number of nitrogens with zero attached hydrogens (tertiary/aromatic N) is 1. The molecule has 21 heavy (non-hydrogen) atoms. The second kappa shape index (κ2) is 6.72. The molecule has 0 aliphatic rings. The lowest BCUT2D eigenvalue weighted by Gasteiger charge is -2.14. The molecule has 0 spiro atoms. The summed E-state index contributed by atoms with van der Waals surface area (Å²) >= 11 is 3.44. The molecule has 0 saturated carbocycles. The van der Waals surface area contributed by atoms with E-state index in [2.05, 4.69) is 15.9 Å². The summed E-state index contributed by atoms with van der Waals surface area (Å²) in [5, 5.41) is 11.7. The molecule has 0 atom stereocenters. The SMILES string of the molecule is Cc1cccc(CBr)c1OCc1cccc([N+](=O)[O-])c1C. The Kier molecular flexibility index (Phi) is 4.96. The highest BCUT2D eigenvalue weighted by atomic mass is 79.9. The summed E-state index contributed by atoms with van der Waals surface area (Å²) in [4.78, 5) is 10.6. The maximum atomic E-state index is 11.0. The largest absolute Gasteiger partial charge is 0.488 e. The highest BCUT2D eigenvalue weighted by Gasteiger charge is 2.14. The molecule has 0 aliphatic heterocycles. The molecule has 0 N–H and O–H groups in total. The fourth-order valence-corrected chi connectivity index (χ4v) is 2.64. The van der Waals surface area contributed by atoms with Gasteiger partial charge in [-0.1, -0.05) is 46.3 Å². The van der Waals surface area contributed by atoms with Crippen molar-refractivity contribution in [1.82, 2.24) is 0 Å². The van der Waals surface area contributed by atoms with Gasteiger partial charge in [0.15, 0.2) is 0 Å². The van der Waals surface area contributed by atoms with Gasteiger partial charge in [-0.05, 0) is 25.0 Å². The molecule has 2 aromatic rings. The van der Waals surface area contributed by atoms with Gasteiger partial charge in [-0.15, -0.1) is 0 Å². The lowest BCUT2D eigenvalue weighted by atomic mass is 10.1. The van der Waals surface area contributed by atoms with Crippen LogP contribution in [0.25, 0.3) is 0 Å². The standard InChI is InChI=1S/C16H16BrNO3/c1-11-5-3-6-13(9-17)16(11)21-10-14-7-4-8-15(12(14)2)18(19)20/h3-8H,9-10H2,1-2H3. The number of rotatable bonds is 5. The molecular formula is C16H16BrNO3. The number of nitro groups is 1. The second-order valence-electron chi connectivity index (χ2n) is 4.80. The van der Waals surface area contributed by atoms with Gasteiger partial charge in [-0.3, -0.25) is 10.1 Å². The molecule has 0 heterocycles. The number of halogens is 1. The summed E-state index contributed by atoms with van der Waals surface area (Å²) in [6.07, 6.45) is 0. The maximum absolute atomic E-state index is 11.0. The van der Waals surface area contributed by atoms with E-state index in [0.29, 0.717) is 17.5 Å². The normalized spacial score (nSPS) is 10.4. The number of aryl methyl sites for hydroxylation is 1. The molecule has 4 nitrogen and oxygen atoms in total. The Morgan fingerprint density at radius 2 is 1.81 bits per heavy atom. The van der Waals surface area contributed by atoms with E-state index in [-0.39, 0.29) is 10.6 Å². The molecule has 0 radical (unpaired) electrons. The Hall–Kier alpha value is -1.88. The minimum Gasteiger partial charge on any atom is -0.488 e. The predicted octanol–water partition coefficient (Wildman–Crippen LogP) is 4.69. The molecule has 0 fully saturated rings. The van der Waals surface area contributed by atoms with E-state index >= 15 is 0 Å². The summed E-state index contributed by atoms with van der Waals surface area (Å²) in [6.45, 7) is 4.06. The van der Waals surface area contributed by atoms with E-state index in [4.69, 9.17) is 4.74 Å². The summed E-state index contributed by atoms with van der Waals surface area (Å²) in [6, 6.07) is 11.0. The Labute approximate surface area is 132 Å². The number of para-hydroxylation sites is 1. The van der Waals surface area contributed by atoms with Crippen LogP contribution in [-0.2, 0) is 11.9 Å². The Morgan fingerprint density at radius 3 is 2.48 bits per heavy atom. The molecule has 110 valence electrons. The highest BCUT2D eigenvalue weighted by Crippen LogP contribution is 2.28. The highest BCUT2D eigenvalue weighted by molar-refractivity contribution is 9.08. The van der Waals surface area contributed by atoms with Crippen LogP contribution >= 0.6 is 15.9 Å². The van der Waals surface area contributed by atoms with Gasteiger partial charge in [0.2, 0.25) is 0 Å². The minimum atomic E-state index is -0.365. The average Bonchev–Trinajstić information content (AvgIpc) is 2.46. The summed E-state index contributed by atoms with van der Waals surface area (Å²) in [5.41, 5.74) is 3.72. The van der Waals surface area contributed by atoms with Gasteiger partial charge in [0, 0.05) is 22.5 Å². The summed E-state index contributed by atoms with van der Waals surface area (Å²) in [5.74, 6) is 0.834.